The summed E-state index contributed by atoms with van der Waals surface area (Å²) in [6, 6.07) is 14.3. The Bertz CT molecular complexity index is 1300. The van der Waals surface area contributed by atoms with Gasteiger partial charge >= 0.3 is 0 Å². The van der Waals surface area contributed by atoms with E-state index in [-0.39, 0.29) is 24.8 Å². The zero-order valence-corrected chi connectivity index (χ0v) is 21.5. The van der Waals surface area contributed by atoms with E-state index in [9.17, 15) is 14.4 Å². The maximum Gasteiger partial charge on any atom is 0.255 e. The lowest BCUT2D eigenvalue weighted by Gasteiger charge is -2.40. The predicted molar refractivity (Wildman–Crippen MR) is 140 cm³/mol. The number of rotatable bonds is 9. The van der Waals surface area contributed by atoms with Gasteiger partial charge in [0, 0.05) is 40.2 Å². The smallest absolute Gasteiger partial charge is 0.255 e. The average molecular weight is 506 g/mol. The first-order valence-electron chi connectivity index (χ1n) is 12.5. The highest BCUT2D eigenvalue weighted by Gasteiger charge is 2.46. The Labute approximate surface area is 215 Å². The van der Waals surface area contributed by atoms with Crippen molar-refractivity contribution in [3.8, 4) is 5.75 Å². The third kappa shape index (κ3) is 4.51. The Kier molecular flexibility index (Phi) is 6.81. The number of benzene rings is 2. The summed E-state index contributed by atoms with van der Waals surface area (Å²) in [6.07, 6.45) is 1.36. The Hall–Kier alpha value is -3.23. The maximum atomic E-state index is 13.2. The number of nitrogens with one attached hydrogen (secondary N) is 1. The molecule has 2 aliphatic heterocycles. The van der Waals surface area contributed by atoms with Crippen LogP contribution in [0, 0.1) is 0 Å². The van der Waals surface area contributed by atoms with Crippen LogP contribution in [0.4, 0.5) is 0 Å². The summed E-state index contributed by atoms with van der Waals surface area (Å²) in [5.41, 5.74) is 1.64. The van der Waals surface area contributed by atoms with Crippen molar-refractivity contribution in [2.24, 2.45) is 0 Å². The predicted octanol–water partition coefficient (Wildman–Crippen LogP) is 4.13. The molecule has 36 heavy (non-hydrogen) atoms. The minimum absolute atomic E-state index is 0.0934. The fourth-order valence-corrected chi connectivity index (χ4v) is 6.15. The second-order valence-electron chi connectivity index (χ2n) is 9.51. The van der Waals surface area contributed by atoms with Gasteiger partial charge in [0.1, 0.15) is 24.2 Å². The topological polar surface area (TPSA) is 79.0 Å². The molecule has 1 unspecified atom stereocenters. The van der Waals surface area contributed by atoms with Crippen LogP contribution in [0.2, 0.25) is 0 Å². The number of carbonyl (C=O) groups is 3. The molecule has 1 saturated heterocycles. The van der Waals surface area contributed by atoms with Gasteiger partial charge in [0.2, 0.25) is 5.91 Å². The Balaban J connectivity index is 1.32. The summed E-state index contributed by atoms with van der Waals surface area (Å²) >= 11 is 1.73. The van der Waals surface area contributed by atoms with E-state index in [2.05, 4.69) is 48.3 Å². The van der Waals surface area contributed by atoms with Crippen molar-refractivity contribution in [3.05, 3.63) is 64.0 Å². The molecule has 7 nitrogen and oxygen atoms in total. The number of fused-ring (bicyclic) bond motifs is 2. The van der Waals surface area contributed by atoms with E-state index in [0.29, 0.717) is 30.9 Å². The highest BCUT2D eigenvalue weighted by Crippen LogP contribution is 2.37. The number of hydrogen-bond acceptors (Lipinski definition) is 6. The van der Waals surface area contributed by atoms with E-state index in [1.54, 1.807) is 22.3 Å². The van der Waals surface area contributed by atoms with Crippen LogP contribution in [-0.4, -0.2) is 53.1 Å². The van der Waals surface area contributed by atoms with Crippen LogP contribution in [0.25, 0.3) is 10.1 Å². The van der Waals surface area contributed by atoms with Crippen molar-refractivity contribution >= 4 is 39.5 Å². The molecule has 188 valence electrons. The number of aldehydes is 1. The maximum absolute atomic E-state index is 13.2. The molecule has 1 aromatic heterocycles. The molecule has 2 aromatic carbocycles. The van der Waals surface area contributed by atoms with Crippen LogP contribution in [0.5, 0.6) is 5.75 Å². The lowest BCUT2D eigenvalue weighted by molar-refractivity contribution is -0.128. The Morgan fingerprint density at radius 1 is 1.17 bits per heavy atom. The third-order valence-corrected chi connectivity index (χ3v) is 8.44. The first-order chi connectivity index (χ1) is 17.5. The van der Waals surface area contributed by atoms with Gasteiger partial charge in [-0.05, 0) is 54.7 Å². The standard InChI is InChI=1S/C28H31N3O4S/c1-3-30(4-2)14-19-8-9-20-13-21(36-25(20)12-19)16-35-24-7-5-6-22-23(24)15-31(27(22)34)28(18-32)11-10-26(33)29-17-28/h5-9,12-13,18H,3-4,10-11,14-17H2,1-2H3,(H,29,33). The van der Waals surface area contributed by atoms with Crippen LogP contribution in [0.15, 0.2) is 42.5 Å². The Morgan fingerprint density at radius 3 is 2.72 bits per heavy atom. The average Bonchev–Trinajstić information content (AvgIpc) is 3.47. The molecular formula is C28H31N3O4S. The number of piperidine rings is 1. The molecule has 0 aliphatic carbocycles. The highest BCUT2D eigenvalue weighted by atomic mass is 32.1. The molecular weight excluding hydrogens is 474 g/mol. The van der Waals surface area contributed by atoms with Crippen LogP contribution >= 0.6 is 11.3 Å². The minimum Gasteiger partial charge on any atom is -0.488 e. The molecule has 3 aromatic rings. The zero-order chi connectivity index (χ0) is 25.3. The van der Waals surface area contributed by atoms with E-state index in [1.165, 1.54) is 15.6 Å². The monoisotopic (exact) mass is 505 g/mol. The van der Waals surface area contributed by atoms with E-state index < -0.39 is 5.54 Å². The van der Waals surface area contributed by atoms with Gasteiger partial charge in [0.05, 0.1) is 6.54 Å². The fraction of sp³-hybridized carbons (Fsp3) is 0.393. The summed E-state index contributed by atoms with van der Waals surface area (Å²) in [4.78, 5) is 42.1. The molecule has 0 bridgehead atoms. The molecule has 1 atom stereocenters. The number of ether oxygens (including phenoxy) is 1. The lowest BCUT2D eigenvalue weighted by Crippen LogP contribution is -2.60. The summed E-state index contributed by atoms with van der Waals surface area (Å²) in [5.74, 6) is 0.370. The third-order valence-electron chi connectivity index (χ3n) is 7.36. The number of carbonyl (C=O) groups excluding carboxylic acids is 3. The van der Waals surface area contributed by atoms with Crippen molar-refractivity contribution in [2.75, 3.05) is 19.6 Å². The highest BCUT2D eigenvalue weighted by molar-refractivity contribution is 7.19. The first kappa shape index (κ1) is 24.5. The first-order valence-corrected chi connectivity index (χ1v) is 13.3. The lowest BCUT2D eigenvalue weighted by atomic mass is 9.89. The summed E-state index contributed by atoms with van der Waals surface area (Å²) in [6.45, 7) is 8.21. The van der Waals surface area contributed by atoms with Gasteiger partial charge in [0.25, 0.3) is 5.91 Å². The quantitative estimate of drug-likeness (QED) is 0.443. The summed E-state index contributed by atoms with van der Waals surface area (Å²) < 4.78 is 7.47. The van der Waals surface area contributed by atoms with E-state index in [0.717, 1.165) is 36.4 Å². The molecule has 2 amide bonds. The van der Waals surface area contributed by atoms with Gasteiger partial charge in [-0.2, -0.15) is 0 Å². The zero-order valence-electron chi connectivity index (χ0n) is 20.7. The number of nitrogens with zero attached hydrogens (tertiary/aromatic N) is 2. The van der Waals surface area contributed by atoms with Crippen molar-refractivity contribution in [2.45, 2.75) is 51.9 Å². The molecule has 8 heteroatoms. The molecule has 0 saturated carbocycles. The second-order valence-corrected chi connectivity index (χ2v) is 10.7. The normalized spacial score (nSPS) is 19.6. The second kappa shape index (κ2) is 10.0. The van der Waals surface area contributed by atoms with Crippen LogP contribution in [0.3, 0.4) is 0 Å². The van der Waals surface area contributed by atoms with Gasteiger partial charge in [0.15, 0.2) is 0 Å². The van der Waals surface area contributed by atoms with Crippen molar-refractivity contribution in [1.82, 2.24) is 15.1 Å². The summed E-state index contributed by atoms with van der Waals surface area (Å²) in [5, 5.41) is 3.95. The fourth-order valence-electron chi connectivity index (χ4n) is 5.11. The number of thiophene rings is 1. The molecule has 0 radical (unpaired) electrons. The number of hydrogen-bond donors (Lipinski definition) is 1. The molecule has 5 rings (SSSR count). The molecule has 1 N–H and O–H groups in total. The van der Waals surface area contributed by atoms with Gasteiger partial charge in [-0.3, -0.25) is 14.5 Å². The van der Waals surface area contributed by atoms with Crippen LogP contribution in [0.1, 0.15) is 53.1 Å². The van der Waals surface area contributed by atoms with Crippen molar-refractivity contribution in [1.29, 1.82) is 0 Å². The van der Waals surface area contributed by atoms with E-state index >= 15 is 0 Å². The van der Waals surface area contributed by atoms with Gasteiger partial charge in [-0.15, -0.1) is 11.3 Å². The van der Waals surface area contributed by atoms with Crippen LogP contribution < -0.4 is 10.1 Å². The van der Waals surface area contributed by atoms with E-state index in [4.69, 9.17) is 4.74 Å². The van der Waals surface area contributed by atoms with Gasteiger partial charge < -0.3 is 19.7 Å². The van der Waals surface area contributed by atoms with Gasteiger partial charge in [-0.1, -0.05) is 32.0 Å². The summed E-state index contributed by atoms with van der Waals surface area (Å²) in [7, 11) is 0. The van der Waals surface area contributed by atoms with Crippen molar-refractivity contribution in [3.63, 3.8) is 0 Å². The molecule has 1 fully saturated rings. The minimum atomic E-state index is -1.02. The SMILES string of the molecule is CCN(CC)Cc1ccc2cc(COc3cccc4c3CN(C3(C=O)CCC(=O)NC3)C4=O)sc2c1. The van der Waals surface area contributed by atoms with Crippen molar-refractivity contribution < 1.29 is 19.1 Å². The molecule has 2 aliphatic rings. The number of amides is 2. The molecule has 3 heterocycles. The van der Waals surface area contributed by atoms with E-state index in [1.807, 2.05) is 12.1 Å². The largest absolute Gasteiger partial charge is 0.488 e. The van der Waals surface area contributed by atoms with Crippen LogP contribution in [-0.2, 0) is 29.3 Å². The van der Waals surface area contributed by atoms with Gasteiger partial charge in [-0.25, -0.2) is 0 Å². The molecule has 0 spiro atoms. The Morgan fingerprint density at radius 2 is 2.00 bits per heavy atom.